The van der Waals surface area contributed by atoms with Crippen LogP contribution in [0.15, 0.2) is 30.5 Å². The Hall–Kier alpha value is -2.37. The van der Waals surface area contributed by atoms with Crippen molar-refractivity contribution in [1.82, 2.24) is 15.0 Å². The van der Waals surface area contributed by atoms with E-state index < -0.39 is 0 Å². The van der Waals surface area contributed by atoms with Crippen LogP contribution in [-0.2, 0) is 0 Å². The van der Waals surface area contributed by atoms with Crippen LogP contribution in [0.2, 0.25) is 0 Å². The van der Waals surface area contributed by atoms with Crippen LogP contribution in [-0.4, -0.2) is 47.7 Å². The van der Waals surface area contributed by atoms with Crippen molar-refractivity contribution in [2.24, 2.45) is 0 Å². The molecule has 3 heterocycles. The molecule has 0 aromatic carbocycles. The van der Waals surface area contributed by atoms with Gasteiger partial charge in [0.05, 0.1) is 0 Å². The standard InChI is InChI=1S/C17H24N6/c1-3-7-18-15-13-14(2)20-17(21-15)23-11-9-22(10-12-23)16-6-4-5-8-19-16/h4-6,8,13H,3,7,9-12H2,1-2H3,(H,18,20,21). The number of hydrogen-bond acceptors (Lipinski definition) is 6. The first-order valence-electron chi connectivity index (χ1n) is 8.27. The molecule has 1 aliphatic rings. The summed E-state index contributed by atoms with van der Waals surface area (Å²) in [6, 6.07) is 8.05. The Balaban J connectivity index is 1.66. The van der Waals surface area contributed by atoms with E-state index >= 15 is 0 Å². The van der Waals surface area contributed by atoms with E-state index in [2.05, 4.69) is 43.1 Å². The van der Waals surface area contributed by atoms with Crippen molar-refractivity contribution in [3.05, 3.63) is 36.2 Å². The topological polar surface area (TPSA) is 57.2 Å². The molecule has 1 fully saturated rings. The minimum absolute atomic E-state index is 0.823. The zero-order chi connectivity index (χ0) is 16.1. The lowest BCUT2D eigenvalue weighted by Crippen LogP contribution is -2.47. The maximum absolute atomic E-state index is 4.66. The van der Waals surface area contributed by atoms with Crippen molar-refractivity contribution >= 4 is 17.6 Å². The highest BCUT2D eigenvalue weighted by molar-refractivity contribution is 5.46. The van der Waals surface area contributed by atoms with Crippen LogP contribution in [0.4, 0.5) is 17.6 Å². The first-order valence-corrected chi connectivity index (χ1v) is 8.27. The van der Waals surface area contributed by atoms with Gasteiger partial charge >= 0.3 is 0 Å². The molecule has 2 aromatic heterocycles. The molecule has 6 heteroatoms. The Morgan fingerprint density at radius 2 is 1.87 bits per heavy atom. The molecule has 0 saturated carbocycles. The van der Waals surface area contributed by atoms with E-state index in [1.807, 2.05) is 31.3 Å². The van der Waals surface area contributed by atoms with E-state index in [-0.39, 0.29) is 0 Å². The highest BCUT2D eigenvalue weighted by Gasteiger charge is 2.20. The number of aromatic nitrogens is 3. The average molecular weight is 312 g/mol. The molecule has 1 N–H and O–H groups in total. The Morgan fingerprint density at radius 1 is 1.09 bits per heavy atom. The highest BCUT2D eigenvalue weighted by Crippen LogP contribution is 2.18. The van der Waals surface area contributed by atoms with Gasteiger partial charge in [0.25, 0.3) is 0 Å². The lowest BCUT2D eigenvalue weighted by Gasteiger charge is -2.35. The molecule has 1 aliphatic heterocycles. The van der Waals surface area contributed by atoms with Gasteiger partial charge in [-0.25, -0.2) is 9.97 Å². The predicted octanol–water partition coefficient (Wildman–Crippen LogP) is 2.33. The number of hydrogen-bond donors (Lipinski definition) is 1. The number of anilines is 3. The summed E-state index contributed by atoms with van der Waals surface area (Å²) in [5.41, 5.74) is 1.00. The fourth-order valence-corrected chi connectivity index (χ4v) is 2.71. The van der Waals surface area contributed by atoms with Gasteiger partial charge < -0.3 is 15.1 Å². The summed E-state index contributed by atoms with van der Waals surface area (Å²) in [6.07, 6.45) is 2.93. The zero-order valence-corrected chi connectivity index (χ0v) is 13.9. The Kier molecular flexibility index (Phi) is 4.90. The van der Waals surface area contributed by atoms with Crippen LogP contribution < -0.4 is 15.1 Å². The van der Waals surface area contributed by atoms with Gasteiger partial charge in [0.15, 0.2) is 0 Å². The van der Waals surface area contributed by atoms with Crippen molar-refractivity contribution in [1.29, 1.82) is 0 Å². The van der Waals surface area contributed by atoms with Crippen LogP contribution >= 0.6 is 0 Å². The largest absolute Gasteiger partial charge is 0.370 e. The molecule has 0 radical (unpaired) electrons. The smallest absolute Gasteiger partial charge is 0.227 e. The van der Waals surface area contributed by atoms with E-state index in [4.69, 9.17) is 0 Å². The maximum Gasteiger partial charge on any atom is 0.227 e. The van der Waals surface area contributed by atoms with Crippen molar-refractivity contribution in [2.45, 2.75) is 20.3 Å². The summed E-state index contributed by atoms with van der Waals surface area (Å²) in [5.74, 6) is 2.79. The minimum atomic E-state index is 0.823. The molecule has 0 atom stereocenters. The van der Waals surface area contributed by atoms with Gasteiger partial charge in [0.2, 0.25) is 5.95 Å². The highest BCUT2D eigenvalue weighted by atomic mass is 15.3. The number of rotatable bonds is 5. The summed E-state index contributed by atoms with van der Waals surface area (Å²) >= 11 is 0. The van der Waals surface area contributed by atoms with Gasteiger partial charge in [-0.2, -0.15) is 4.98 Å². The van der Waals surface area contributed by atoms with Crippen LogP contribution in [0.5, 0.6) is 0 Å². The van der Waals surface area contributed by atoms with Gasteiger partial charge in [-0.1, -0.05) is 13.0 Å². The summed E-state index contributed by atoms with van der Waals surface area (Å²) < 4.78 is 0. The van der Waals surface area contributed by atoms with Gasteiger partial charge in [0.1, 0.15) is 11.6 Å². The van der Waals surface area contributed by atoms with E-state index in [1.165, 1.54) is 0 Å². The van der Waals surface area contributed by atoms with Crippen LogP contribution in [0, 0.1) is 6.92 Å². The number of nitrogens with zero attached hydrogens (tertiary/aromatic N) is 5. The summed E-state index contributed by atoms with van der Waals surface area (Å²) in [7, 11) is 0. The SMILES string of the molecule is CCCNc1cc(C)nc(N2CCN(c3ccccn3)CC2)n1. The van der Waals surface area contributed by atoms with Crippen molar-refractivity contribution in [3.8, 4) is 0 Å². The number of nitrogens with one attached hydrogen (secondary N) is 1. The molecule has 6 nitrogen and oxygen atoms in total. The molecule has 122 valence electrons. The normalized spacial score (nSPS) is 14.9. The predicted molar refractivity (Wildman–Crippen MR) is 94.2 cm³/mol. The molecule has 0 spiro atoms. The van der Waals surface area contributed by atoms with Crippen LogP contribution in [0.3, 0.4) is 0 Å². The summed E-state index contributed by atoms with van der Waals surface area (Å²) in [5, 5.41) is 3.35. The van der Waals surface area contributed by atoms with Gasteiger partial charge in [-0.05, 0) is 25.5 Å². The molecule has 0 aliphatic carbocycles. The molecular weight excluding hydrogens is 288 g/mol. The second-order valence-electron chi connectivity index (χ2n) is 5.78. The number of pyridine rings is 1. The molecule has 1 saturated heterocycles. The average Bonchev–Trinajstić information content (AvgIpc) is 2.60. The molecule has 0 amide bonds. The number of aryl methyl sites for hydroxylation is 1. The second-order valence-corrected chi connectivity index (χ2v) is 5.78. The van der Waals surface area contributed by atoms with E-state index in [1.54, 1.807) is 0 Å². The Labute approximate surface area is 137 Å². The molecule has 0 bridgehead atoms. The van der Waals surface area contributed by atoms with Crippen molar-refractivity contribution in [2.75, 3.05) is 47.8 Å². The molecule has 2 aromatic rings. The fourth-order valence-electron chi connectivity index (χ4n) is 2.71. The number of piperazine rings is 1. The monoisotopic (exact) mass is 312 g/mol. The zero-order valence-electron chi connectivity index (χ0n) is 13.9. The van der Waals surface area contributed by atoms with E-state index in [9.17, 15) is 0 Å². The molecule has 0 unspecified atom stereocenters. The third-order valence-corrected chi connectivity index (χ3v) is 3.93. The summed E-state index contributed by atoms with van der Waals surface area (Å²) in [6.45, 7) is 8.80. The lowest BCUT2D eigenvalue weighted by molar-refractivity contribution is 0.634. The quantitative estimate of drug-likeness (QED) is 0.914. The van der Waals surface area contributed by atoms with Crippen LogP contribution in [0.1, 0.15) is 19.0 Å². The van der Waals surface area contributed by atoms with Gasteiger partial charge in [0, 0.05) is 50.7 Å². The molecular formula is C17H24N6. The Bertz CT molecular complexity index is 622. The first-order chi connectivity index (χ1) is 11.3. The first kappa shape index (κ1) is 15.5. The minimum Gasteiger partial charge on any atom is -0.370 e. The van der Waals surface area contributed by atoms with Crippen molar-refractivity contribution < 1.29 is 0 Å². The maximum atomic E-state index is 4.66. The Morgan fingerprint density at radius 3 is 2.57 bits per heavy atom. The third-order valence-electron chi connectivity index (χ3n) is 3.93. The van der Waals surface area contributed by atoms with Crippen LogP contribution in [0.25, 0.3) is 0 Å². The van der Waals surface area contributed by atoms with E-state index in [0.717, 1.165) is 62.4 Å². The lowest BCUT2D eigenvalue weighted by atomic mass is 10.3. The van der Waals surface area contributed by atoms with Gasteiger partial charge in [-0.15, -0.1) is 0 Å². The molecule has 3 rings (SSSR count). The van der Waals surface area contributed by atoms with Crippen molar-refractivity contribution in [3.63, 3.8) is 0 Å². The molecule has 23 heavy (non-hydrogen) atoms. The van der Waals surface area contributed by atoms with Gasteiger partial charge in [-0.3, -0.25) is 0 Å². The van der Waals surface area contributed by atoms with E-state index in [0.29, 0.717) is 0 Å². The fraction of sp³-hybridized carbons (Fsp3) is 0.471. The second kappa shape index (κ2) is 7.26. The summed E-state index contributed by atoms with van der Waals surface area (Å²) in [4.78, 5) is 18.3. The third kappa shape index (κ3) is 3.88.